The Hall–Kier alpha value is -4.79. The molecule has 0 saturated heterocycles. The van der Waals surface area contributed by atoms with Crippen molar-refractivity contribution in [2.75, 3.05) is 59.0 Å². The number of amides is 2. The quantitative estimate of drug-likeness (QED) is 0.0237. The number of nitrogens with zero attached hydrogens (tertiary/aromatic N) is 2. The summed E-state index contributed by atoms with van der Waals surface area (Å²) in [6.07, 6.45) is 10.1. The van der Waals surface area contributed by atoms with Crippen molar-refractivity contribution in [3.05, 3.63) is 125 Å². The Morgan fingerprint density at radius 1 is 0.683 bits per heavy atom. The molecule has 4 rings (SSSR count). The highest BCUT2D eigenvalue weighted by Crippen LogP contribution is 2.46. The van der Waals surface area contributed by atoms with Crippen LogP contribution in [-0.4, -0.2) is 87.1 Å². The molecule has 63 heavy (non-hydrogen) atoms. The van der Waals surface area contributed by atoms with Gasteiger partial charge in [-0.3, -0.25) is 9.59 Å². The molecule has 0 radical (unpaired) electrons. The molecule has 0 heterocycles. The van der Waals surface area contributed by atoms with Gasteiger partial charge in [0.05, 0.1) is 27.4 Å². The molecule has 0 aliphatic carbocycles. The summed E-state index contributed by atoms with van der Waals surface area (Å²) in [6.45, 7) is 11.8. The molecular formula is C51H69N4O7P. The third-order valence-corrected chi connectivity index (χ3v) is 12.7. The number of benzene rings is 4. The van der Waals surface area contributed by atoms with Crippen molar-refractivity contribution in [1.29, 1.82) is 0 Å². The van der Waals surface area contributed by atoms with Crippen molar-refractivity contribution in [1.82, 2.24) is 9.57 Å². The second kappa shape index (κ2) is 27.4. The van der Waals surface area contributed by atoms with Gasteiger partial charge in [-0.25, -0.2) is 4.67 Å². The first-order valence-corrected chi connectivity index (χ1v) is 23.4. The normalized spacial score (nSPS) is 12.0. The minimum absolute atomic E-state index is 0.0243. The van der Waals surface area contributed by atoms with Crippen LogP contribution in [0.25, 0.3) is 0 Å². The van der Waals surface area contributed by atoms with Crippen LogP contribution in [-0.2, 0) is 29.0 Å². The second-order valence-corrected chi connectivity index (χ2v) is 17.3. The highest BCUT2D eigenvalue weighted by molar-refractivity contribution is 7.44. The minimum atomic E-state index is -1.25. The van der Waals surface area contributed by atoms with Crippen molar-refractivity contribution in [3.63, 3.8) is 0 Å². The van der Waals surface area contributed by atoms with Crippen molar-refractivity contribution in [3.8, 4) is 23.8 Å². The Kier molecular flexibility index (Phi) is 22.1. The van der Waals surface area contributed by atoms with Crippen molar-refractivity contribution in [2.45, 2.75) is 96.7 Å². The maximum Gasteiger partial charge on any atom is 0.259 e. The summed E-state index contributed by atoms with van der Waals surface area (Å²) in [5.74, 6) is 3.98. The third kappa shape index (κ3) is 15.8. The molecule has 1 unspecified atom stereocenters. The van der Waals surface area contributed by atoms with Crippen LogP contribution in [0.2, 0.25) is 0 Å². The maximum absolute atomic E-state index is 13.9. The molecule has 340 valence electrons. The molecule has 12 heteroatoms. The summed E-state index contributed by atoms with van der Waals surface area (Å²) in [5.41, 5.74) is 9.16. The number of nitrogens with two attached hydrogens (primary N) is 1. The number of carbonyl (C=O) groups is 2. The number of anilines is 1. The number of ether oxygens (including phenoxy) is 3. The zero-order valence-electron chi connectivity index (χ0n) is 38.2. The largest absolute Gasteiger partial charge is 0.497 e. The Morgan fingerprint density at radius 2 is 1.21 bits per heavy atom. The predicted octanol–water partition coefficient (Wildman–Crippen LogP) is 9.92. The fourth-order valence-corrected chi connectivity index (χ4v) is 9.08. The predicted molar refractivity (Wildman–Crippen MR) is 255 cm³/mol. The molecule has 11 nitrogen and oxygen atoms in total. The van der Waals surface area contributed by atoms with Crippen LogP contribution >= 0.6 is 8.53 Å². The lowest BCUT2D eigenvalue weighted by atomic mass is 9.80. The molecule has 2 amide bonds. The van der Waals surface area contributed by atoms with E-state index in [1.165, 1.54) is 0 Å². The van der Waals surface area contributed by atoms with Gasteiger partial charge in [-0.2, -0.15) is 0 Å². The Balaban J connectivity index is 1.44. The highest BCUT2D eigenvalue weighted by Gasteiger charge is 2.38. The molecule has 0 fully saturated rings. The average molecular weight is 881 g/mol. The van der Waals surface area contributed by atoms with Gasteiger partial charge in [0.25, 0.3) is 8.53 Å². The van der Waals surface area contributed by atoms with Gasteiger partial charge < -0.3 is 39.2 Å². The zero-order chi connectivity index (χ0) is 45.5. The number of carbonyl (C=O) groups excluding carboxylic acids is 2. The first kappa shape index (κ1) is 50.9. The van der Waals surface area contributed by atoms with E-state index in [-0.39, 0.29) is 36.7 Å². The SMILES string of the molecule is C#Cc1ccc(NC(=O)CCCC(=O)N(CCCCOP(OCCCN)N(C(C)C)C(C)C)CCCCOC(c2ccccc2)(c2ccc(OC)cc2)c2ccc(OC)cc2)cc1. The van der Waals surface area contributed by atoms with Gasteiger partial charge in [0.2, 0.25) is 11.8 Å². The van der Waals surface area contributed by atoms with E-state index in [0.29, 0.717) is 58.0 Å². The van der Waals surface area contributed by atoms with Crippen LogP contribution in [0.1, 0.15) is 101 Å². The van der Waals surface area contributed by atoms with Gasteiger partial charge in [-0.15, -0.1) is 6.42 Å². The lowest BCUT2D eigenvalue weighted by molar-refractivity contribution is -0.131. The van der Waals surface area contributed by atoms with Crippen LogP contribution in [0.15, 0.2) is 103 Å². The monoisotopic (exact) mass is 880 g/mol. The number of methoxy groups -OCH3 is 2. The first-order valence-electron chi connectivity index (χ1n) is 22.2. The molecule has 3 N–H and O–H groups in total. The van der Waals surface area contributed by atoms with Gasteiger partial charge in [-0.05, 0) is 138 Å². The van der Waals surface area contributed by atoms with E-state index in [4.69, 9.17) is 35.4 Å². The lowest BCUT2D eigenvalue weighted by Gasteiger charge is -2.36. The average Bonchev–Trinajstić information content (AvgIpc) is 3.29. The number of nitrogens with one attached hydrogen (secondary N) is 1. The Labute approximate surface area is 377 Å². The maximum atomic E-state index is 13.9. The summed E-state index contributed by atoms with van der Waals surface area (Å²) in [6, 6.07) is 33.9. The molecule has 4 aromatic rings. The highest BCUT2D eigenvalue weighted by atomic mass is 31.2. The number of hydrogen-bond acceptors (Lipinski definition) is 9. The summed E-state index contributed by atoms with van der Waals surface area (Å²) in [5, 5.41) is 2.91. The van der Waals surface area contributed by atoms with Crippen LogP contribution in [0.4, 0.5) is 5.69 Å². The Morgan fingerprint density at radius 3 is 1.71 bits per heavy atom. The smallest absolute Gasteiger partial charge is 0.259 e. The van der Waals surface area contributed by atoms with Crippen LogP contribution < -0.4 is 20.5 Å². The van der Waals surface area contributed by atoms with Gasteiger partial charge in [0.15, 0.2) is 0 Å². The summed E-state index contributed by atoms with van der Waals surface area (Å²) >= 11 is 0. The van der Waals surface area contributed by atoms with E-state index in [2.05, 4.69) is 55.7 Å². The molecule has 0 bridgehead atoms. The molecular weight excluding hydrogens is 812 g/mol. The number of terminal acetylenes is 1. The van der Waals surface area contributed by atoms with E-state index in [1.54, 1.807) is 38.5 Å². The molecule has 0 spiro atoms. The van der Waals surface area contributed by atoms with E-state index >= 15 is 0 Å². The molecule has 0 aromatic heterocycles. The topological polar surface area (TPSA) is 125 Å². The minimum Gasteiger partial charge on any atom is -0.497 e. The molecule has 0 aliphatic heterocycles. The van der Waals surface area contributed by atoms with Gasteiger partial charge >= 0.3 is 0 Å². The van der Waals surface area contributed by atoms with E-state index in [1.807, 2.05) is 71.6 Å². The van der Waals surface area contributed by atoms with Crippen LogP contribution in [0, 0.1) is 12.3 Å². The third-order valence-electron chi connectivity index (χ3n) is 10.6. The van der Waals surface area contributed by atoms with E-state index in [0.717, 1.165) is 59.4 Å². The number of unbranched alkanes of at least 4 members (excludes halogenated alkanes) is 2. The van der Waals surface area contributed by atoms with Gasteiger partial charge in [-0.1, -0.05) is 60.5 Å². The van der Waals surface area contributed by atoms with Gasteiger partial charge in [0.1, 0.15) is 17.1 Å². The lowest BCUT2D eigenvalue weighted by Crippen LogP contribution is -2.35. The fraction of sp³-hybridized carbons (Fsp3) is 0.451. The summed E-state index contributed by atoms with van der Waals surface area (Å²) in [7, 11) is 2.07. The van der Waals surface area contributed by atoms with Gasteiger partial charge in [0, 0.05) is 55.9 Å². The molecule has 4 aromatic carbocycles. The molecule has 1 atom stereocenters. The molecule has 0 aliphatic rings. The number of rotatable bonds is 29. The van der Waals surface area contributed by atoms with Crippen molar-refractivity contribution >= 4 is 26.0 Å². The van der Waals surface area contributed by atoms with E-state index in [9.17, 15) is 9.59 Å². The van der Waals surface area contributed by atoms with Crippen molar-refractivity contribution < 1.29 is 32.8 Å². The molecule has 0 saturated carbocycles. The van der Waals surface area contributed by atoms with Crippen molar-refractivity contribution in [2.24, 2.45) is 5.73 Å². The standard InChI is InChI=1S/C51H69N4O7P/c1-8-42-22-28-46(29-23-42)53-49(56)20-16-21-50(57)54(36-13-15-38-61-63(62-39-17-34-52)55(40(2)3)41(4)5)35-12-14-37-60-51(43-18-10-9-11-19-43,44-24-30-47(58-6)31-25-44)45-26-32-48(59-7)33-27-45/h1,9-11,18-19,22-33,40-41H,12-17,20-21,34-39,52H2,2-7H3,(H,53,56). The summed E-state index contributed by atoms with van der Waals surface area (Å²) in [4.78, 5) is 28.6. The van der Waals surface area contributed by atoms with Crippen LogP contribution in [0.3, 0.4) is 0 Å². The van der Waals surface area contributed by atoms with E-state index < -0.39 is 14.1 Å². The Bertz CT molecular complexity index is 1900. The number of hydrogen-bond donors (Lipinski definition) is 2. The fourth-order valence-electron chi connectivity index (χ4n) is 7.41. The summed E-state index contributed by atoms with van der Waals surface area (Å²) < 4.78 is 33.0. The second-order valence-electron chi connectivity index (χ2n) is 15.9. The van der Waals surface area contributed by atoms with Crippen LogP contribution in [0.5, 0.6) is 11.5 Å². The first-order chi connectivity index (χ1) is 30.6. The zero-order valence-corrected chi connectivity index (χ0v) is 39.1.